The number of hydrogen-bond donors (Lipinski definition) is 1. The zero-order valence-corrected chi connectivity index (χ0v) is 8.12. The molecule has 1 atom stereocenters. The second kappa shape index (κ2) is 4.87. The molecule has 0 aliphatic carbocycles. The molecule has 0 bridgehead atoms. The van der Waals surface area contributed by atoms with E-state index in [-0.39, 0.29) is 11.7 Å². The van der Waals surface area contributed by atoms with Crippen LogP contribution in [0.3, 0.4) is 0 Å². The quantitative estimate of drug-likeness (QED) is 0.746. The Labute approximate surface area is 77.5 Å². The van der Waals surface area contributed by atoms with Gasteiger partial charge in [-0.3, -0.25) is 4.57 Å². The maximum atomic E-state index is 11.3. The maximum absolute atomic E-state index is 11.3. The van der Waals surface area contributed by atoms with Gasteiger partial charge in [-0.1, -0.05) is 13.3 Å². The highest BCUT2D eigenvalue weighted by Crippen LogP contribution is 2.10. The third kappa shape index (κ3) is 2.45. The predicted molar refractivity (Wildman–Crippen MR) is 50.9 cm³/mol. The van der Waals surface area contributed by atoms with Crippen molar-refractivity contribution in [1.82, 2.24) is 9.55 Å². The monoisotopic (exact) mass is 184 g/mol. The van der Waals surface area contributed by atoms with E-state index in [2.05, 4.69) is 11.9 Å². The predicted octanol–water partition coefficient (Wildman–Crippen LogP) is 1.16. The fraction of sp³-hybridized carbons (Fsp3) is 0.667. The first-order valence-corrected chi connectivity index (χ1v) is 4.54. The minimum Gasteiger partial charge on any atom is -0.383 e. The van der Waals surface area contributed by atoms with Gasteiger partial charge in [-0.2, -0.15) is 0 Å². The number of H-pyrrole nitrogens is 1. The molecule has 0 spiro atoms. The lowest BCUT2D eigenvalue weighted by atomic mass is 10.2. The second-order valence-electron chi connectivity index (χ2n) is 3.07. The Morgan fingerprint density at radius 3 is 2.92 bits per heavy atom. The van der Waals surface area contributed by atoms with Gasteiger partial charge < -0.3 is 9.72 Å². The molecule has 0 amide bonds. The number of imidazole rings is 1. The van der Waals surface area contributed by atoms with E-state index in [1.54, 1.807) is 24.1 Å². The molecule has 4 nitrogen and oxygen atoms in total. The van der Waals surface area contributed by atoms with E-state index < -0.39 is 0 Å². The molecule has 0 aliphatic heterocycles. The summed E-state index contributed by atoms with van der Waals surface area (Å²) < 4.78 is 6.75. The van der Waals surface area contributed by atoms with Gasteiger partial charge in [-0.15, -0.1) is 0 Å². The van der Waals surface area contributed by atoms with Crippen LogP contribution in [0.5, 0.6) is 0 Å². The number of nitrogens with zero attached hydrogens (tertiary/aromatic N) is 1. The van der Waals surface area contributed by atoms with Gasteiger partial charge in [0.1, 0.15) is 0 Å². The van der Waals surface area contributed by atoms with E-state index >= 15 is 0 Å². The fourth-order valence-corrected chi connectivity index (χ4v) is 1.45. The van der Waals surface area contributed by atoms with E-state index in [0.717, 1.165) is 12.8 Å². The van der Waals surface area contributed by atoms with E-state index in [1.807, 2.05) is 0 Å². The summed E-state index contributed by atoms with van der Waals surface area (Å²) in [5, 5.41) is 0. The van der Waals surface area contributed by atoms with Crippen molar-refractivity contribution in [3.8, 4) is 0 Å². The van der Waals surface area contributed by atoms with Crippen LogP contribution in [-0.4, -0.2) is 23.3 Å². The minimum absolute atomic E-state index is 0.0597. The van der Waals surface area contributed by atoms with Crippen molar-refractivity contribution in [3.63, 3.8) is 0 Å². The van der Waals surface area contributed by atoms with Crippen LogP contribution in [-0.2, 0) is 4.74 Å². The van der Waals surface area contributed by atoms with Crippen LogP contribution >= 0.6 is 0 Å². The second-order valence-corrected chi connectivity index (χ2v) is 3.07. The Morgan fingerprint density at radius 1 is 1.69 bits per heavy atom. The van der Waals surface area contributed by atoms with Gasteiger partial charge in [0.2, 0.25) is 0 Å². The van der Waals surface area contributed by atoms with Crippen molar-refractivity contribution in [1.29, 1.82) is 0 Å². The molecule has 1 rings (SSSR count). The van der Waals surface area contributed by atoms with Crippen LogP contribution in [0.2, 0.25) is 0 Å². The van der Waals surface area contributed by atoms with E-state index in [9.17, 15) is 4.79 Å². The number of hydrogen-bond acceptors (Lipinski definition) is 2. The summed E-state index contributed by atoms with van der Waals surface area (Å²) >= 11 is 0. The Kier molecular flexibility index (Phi) is 3.76. The number of nitrogens with one attached hydrogen (secondary N) is 1. The van der Waals surface area contributed by atoms with Crippen molar-refractivity contribution in [2.45, 2.75) is 25.8 Å². The summed E-state index contributed by atoms with van der Waals surface area (Å²) in [5.41, 5.74) is -0.0597. The van der Waals surface area contributed by atoms with E-state index in [4.69, 9.17) is 4.74 Å². The molecule has 13 heavy (non-hydrogen) atoms. The lowest BCUT2D eigenvalue weighted by molar-refractivity contribution is 0.149. The number of aromatic nitrogens is 2. The highest BCUT2D eigenvalue weighted by molar-refractivity contribution is 4.81. The third-order valence-corrected chi connectivity index (χ3v) is 2.05. The average Bonchev–Trinajstić information content (AvgIpc) is 2.51. The van der Waals surface area contributed by atoms with Crippen molar-refractivity contribution in [3.05, 3.63) is 22.9 Å². The molecule has 0 radical (unpaired) electrons. The molecular formula is C9H16N2O2. The number of rotatable bonds is 5. The molecule has 74 valence electrons. The number of ether oxygens (including phenoxy) is 1. The Bertz CT molecular complexity index is 284. The standard InChI is InChI=1S/C9H16N2O2/c1-3-4-8(7-13-2)11-6-5-10-9(11)12/h5-6,8H,3-4,7H2,1-2H3,(H,10,12). The highest BCUT2D eigenvalue weighted by atomic mass is 16.5. The summed E-state index contributed by atoms with van der Waals surface area (Å²) in [6.45, 7) is 2.69. The molecule has 0 aromatic carbocycles. The molecule has 0 aliphatic rings. The van der Waals surface area contributed by atoms with Crippen LogP contribution in [0, 0.1) is 0 Å². The smallest absolute Gasteiger partial charge is 0.325 e. The SMILES string of the molecule is CCCC(COC)n1cc[nH]c1=O. The third-order valence-electron chi connectivity index (χ3n) is 2.05. The lowest BCUT2D eigenvalue weighted by Crippen LogP contribution is -2.24. The first kappa shape index (κ1) is 10.1. The van der Waals surface area contributed by atoms with Gasteiger partial charge >= 0.3 is 5.69 Å². The molecule has 1 unspecified atom stereocenters. The van der Waals surface area contributed by atoms with Crippen LogP contribution in [0.4, 0.5) is 0 Å². The Morgan fingerprint density at radius 2 is 2.46 bits per heavy atom. The molecule has 4 heteroatoms. The van der Waals surface area contributed by atoms with Gasteiger partial charge in [0.05, 0.1) is 12.6 Å². The van der Waals surface area contributed by atoms with Crippen LogP contribution in [0.25, 0.3) is 0 Å². The molecule has 0 fully saturated rings. The number of aromatic amines is 1. The van der Waals surface area contributed by atoms with Crippen molar-refractivity contribution in [2.24, 2.45) is 0 Å². The van der Waals surface area contributed by atoms with Crippen LogP contribution in [0.15, 0.2) is 17.2 Å². The van der Waals surface area contributed by atoms with Crippen molar-refractivity contribution >= 4 is 0 Å². The Balaban J connectivity index is 2.75. The maximum Gasteiger partial charge on any atom is 0.325 e. The largest absolute Gasteiger partial charge is 0.383 e. The van der Waals surface area contributed by atoms with Crippen molar-refractivity contribution in [2.75, 3.05) is 13.7 Å². The summed E-state index contributed by atoms with van der Waals surface area (Å²) in [5.74, 6) is 0. The fourth-order valence-electron chi connectivity index (χ4n) is 1.45. The first-order valence-electron chi connectivity index (χ1n) is 4.54. The molecule has 1 N–H and O–H groups in total. The van der Waals surface area contributed by atoms with E-state index in [1.165, 1.54) is 0 Å². The molecule has 0 saturated heterocycles. The van der Waals surface area contributed by atoms with Gasteiger partial charge in [0, 0.05) is 19.5 Å². The number of methoxy groups -OCH3 is 1. The molecule has 1 heterocycles. The normalized spacial score (nSPS) is 13.1. The van der Waals surface area contributed by atoms with Gasteiger partial charge in [-0.25, -0.2) is 4.79 Å². The molecule has 1 aromatic heterocycles. The average molecular weight is 184 g/mol. The topological polar surface area (TPSA) is 47.0 Å². The van der Waals surface area contributed by atoms with Crippen LogP contribution < -0.4 is 5.69 Å². The zero-order valence-electron chi connectivity index (χ0n) is 8.12. The summed E-state index contributed by atoms with van der Waals surface area (Å²) in [7, 11) is 1.65. The molecule has 1 aromatic rings. The molecular weight excluding hydrogens is 168 g/mol. The summed E-state index contributed by atoms with van der Waals surface area (Å²) in [6.07, 6.45) is 5.43. The summed E-state index contributed by atoms with van der Waals surface area (Å²) in [6, 6.07) is 0.161. The van der Waals surface area contributed by atoms with Gasteiger partial charge in [-0.05, 0) is 6.42 Å². The van der Waals surface area contributed by atoms with Crippen molar-refractivity contribution < 1.29 is 4.74 Å². The van der Waals surface area contributed by atoms with Crippen LogP contribution in [0.1, 0.15) is 25.8 Å². The van der Waals surface area contributed by atoms with E-state index in [0.29, 0.717) is 6.61 Å². The highest BCUT2D eigenvalue weighted by Gasteiger charge is 2.10. The first-order chi connectivity index (χ1) is 6.29. The zero-order chi connectivity index (χ0) is 9.68. The Hall–Kier alpha value is -1.03. The molecule has 0 saturated carbocycles. The lowest BCUT2D eigenvalue weighted by Gasteiger charge is -2.15. The van der Waals surface area contributed by atoms with Gasteiger partial charge in [0.15, 0.2) is 0 Å². The minimum atomic E-state index is -0.0597. The van der Waals surface area contributed by atoms with Gasteiger partial charge in [0.25, 0.3) is 0 Å². The summed E-state index contributed by atoms with van der Waals surface area (Å²) in [4.78, 5) is 13.9.